The minimum absolute atomic E-state index is 0.0362. The third-order valence-corrected chi connectivity index (χ3v) is 4.19. The first-order chi connectivity index (χ1) is 10.2. The maximum absolute atomic E-state index is 12.8. The molecule has 2 aliphatic heterocycles. The third-order valence-electron chi connectivity index (χ3n) is 4.19. The number of rotatable bonds is 1. The highest BCUT2D eigenvalue weighted by molar-refractivity contribution is 6.07. The van der Waals surface area contributed by atoms with Gasteiger partial charge in [-0.05, 0) is 47.9 Å². The third kappa shape index (κ3) is 1.95. The lowest BCUT2D eigenvalue weighted by atomic mass is 10.1. The Kier molecular flexibility index (Phi) is 2.64. The highest BCUT2D eigenvalue weighted by Crippen LogP contribution is 2.32. The van der Waals surface area contributed by atoms with Crippen LogP contribution < -0.4 is 15.4 Å². The van der Waals surface area contributed by atoms with E-state index in [4.69, 9.17) is 10.5 Å². The molecule has 0 bridgehead atoms. The van der Waals surface area contributed by atoms with Gasteiger partial charge in [0.05, 0.1) is 6.61 Å². The molecular weight excluding hydrogens is 264 g/mol. The van der Waals surface area contributed by atoms with Gasteiger partial charge in [0, 0.05) is 29.9 Å². The van der Waals surface area contributed by atoms with E-state index in [0.29, 0.717) is 18.8 Å². The first-order valence-corrected chi connectivity index (χ1v) is 7.18. The van der Waals surface area contributed by atoms with Crippen LogP contribution in [0.15, 0.2) is 36.4 Å². The summed E-state index contributed by atoms with van der Waals surface area (Å²) in [6.07, 6.45) is 1.76. The summed E-state index contributed by atoms with van der Waals surface area (Å²) in [4.78, 5) is 14.6. The second-order valence-corrected chi connectivity index (χ2v) is 5.52. The molecule has 2 aromatic rings. The Balaban J connectivity index is 1.69. The summed E-state index contributed by atoms with van der Waals surface area (Å²) in [5.41, 5.74) is 10.5. The highest BCUT2D eigenvalue weighted by Gasteiger charge is 2.26. The largest absolute Gasteiger partial charge is 0.493 e. The van der Waals surface area contributed by atoms with E-state index in [0.717, 1.165) is 35.4 Å². The molecule has 0 unspecified atom stereocenters. The standard InChI is InChI=1S/C17H16N2O2/c18-14-3-1-11-5-7-19(15(11)10-14)17(20)13-2-4-16-12(9-13)6-8-21-16/h1-4,9-10H,5-8,18H2. The minimum Gasteiger partial charge on any atom is -0.493 e. The predicted molar refractivity (Wildman–Crippen MR) is 81.9 cm³/mol. The zero-order chi connectivity index (χ0) is 14.4. The van der Waals surface area contributed by atoms with Crippen LogP contribution >= 0.6 is 0 Å². The molecule has 106 valence electrons. The fourth-order valence-electron chi connectivity index (χ4n) is 3.08. The summed E-state index contributed by atoms with van der Waals surface area (Å²) in [6.45, 7) is 1.42. The van der Waals surface area contributed by atoms with Crippen molar-refractivity contribution < 1.29 is 9.53 Å². The topological polar surface area (TPSA) is 55.6 Å². The number of hydrogen-bond donors (Lipinski definition) is 1. The molecule has 4 heteroatoms. The van der Waals surface area contributed by atoms with Crippen LogP contribution in [0.5, 0.6) is 5.75 Å². The summed E-state index contributed by atoms with van der Waals surface area (Å²) >= 11 is 0. The maximum Gasteiger partial charge on any atom is 0.258 e. The van der Waals surface area contributed by atoms with Gasteiger partial charge < -0.3 is 15.4 Å². The number of fused-ring (bicyclic) bond motifs is 2. The lowest BCUT2D eigenvalue weighted by Crippen LogP contribution is -2.28. The monoisotopic (exact) mass is 280 g/mol. The number of carbonyl (C=O) groups excluding carboxylic acids is 1. The van der Waals surface area contributed by atoms with Crippen molar-refractivity contribution in [1.82, 2.24) is 0 Å². The summed E-state index contributed by atoms with van der Waals surface area (Å²) in [7, 11) is 0. The lowest BCUT2D eigenvalue weighted by molar-refractivity contribution is 0.0989. The van der Waals surface area contributed by atoms with E-state index in [2.05, 4.69) is 0 Å². The van der Waals surface area contributed by atoms with E-state index >= 15 is 0 Å². The Morgan fingerprint density at radius 2 is 2.00 bits per heavy atom. The van der Waals surface area contributed by atoms with Gasteiger partial charge in [0.1, 0.15) is 5.75 Å². The van der Waals surface area contributed by atoms with E-state index in [9.17, 15) is 4.79 Å². The average Bonchev–Trinajstić information content (AvgIpc) is 3.11. The van der Waals surface area contributed by atoms with Crippen molar-refractivity contribution in [2.45, 2.75) is 12.8 Å². The summed E-state index contributed by atoms with van der Waals surface area (Å²) < 4.78 is 5.49. The SMILES string of the molecule is Nc1ccc2c(c1)N(C(=O)c1ccc3c(c1)CCO3)CC2. The molecule has 0 fully saturated rings. The van der Waals surface area contributed by atoms with E-state index in [1.165, 1.54) is 5.56 Å². The molecule has 21 heavy (non-hydrogen) atoms. The van der Waals surface area contributed by atoms with Crippen LogP contribution in [0.2, 0.25) is 0 Å². The number of carbonyl (C=O) groups is 1. The second kappa shape index (κ2) is 4.52. The minimum atomic E-state index is 0.0362. The number of nitrogens with zero attached hydrogens (tertiary/aromatic N) is 1. The van der Waals surface area contributed by atoms with Gasteiger partial charge >= 0.3 is 0 Å². The van der Waals surface area contributed by atoms with Crippen LogP contribution in [0.25, 0.3) is 0 Å². The normalized spacial score (nSPS) is 15.5. The van der Waals surface area contributed by atoms with E-state index in [1.54, 1.807) is 0 Å². The van der Waals surface area contributed by atoms with Crippen LogP contribution in [0.3, 0.4) is 0 Å². The molecule has 0 aliphatic carbocycles. The molecule has 0 atom stereocenters. The Hall–Kier alpha value is -2.49. The van der Waals surface area contributed by atoms with Gasteiger partial charge in [0.25, 0.3) is 5.91 Å². The molecule has 0 aromatic heterocycles. The molecule has 0 radical (unpaired) electrons. The van der Waals surface area contributed by atoms with Gasteiger partial charge in [-0.15, -0.1) is 0 Å². The molecule has 0 saturated carbocycles. The average molecular weight is 280 g/mol. The van der Waals surface area contributed by atoms with Gasteiger partial charge in [0.15, 0.2) is 0 Å². The fraction of sp³-hybridized carbons (Fsp3) is 0.235. The zero-order valence-corrected chi connectivity index (χ0v) is 11.6. The maximum atomic E-state index is 12.8. The first kappa shape index (κ1) is 12.3. The molecule has 2 heterocycles. The molecular formula is C17H16N2O2. The van der Waals surface area contributed by atoms with Gasteiger partial charge in [-0.25, -0.2) is 0 Å². The first-order valence-electron chi connectivity index (χ1n) is 7.18. The van der Waals surface area contributed by atoms with Gasteiger partial charge in [0.2, 0.25) is 0 Å². The number of hydrogen-bond acceptors (Lipinski definition) is 3. The smallest absolute Gasteiger partial charge is 0.258 e. The molecule has 4 nitrogen and oxygen atoms in total. The van der Waals surface area contributed by atoms with Crippen molar-refractivity contribution in [2.75, 3.05) is 23.8 Å². The summed E-state index contributed by atoms with van der Waals surface area (Å²) in [6, 6.07) is 11.5. The van der Waals surface area contributed by atoms with Crippen LogP contribution in [0, 0.1) is 0 Å². The van der Waals surface area contributed by atoms with Crippen LogP contribution in [-0.2, 0) is 12.8 Å². The fourth-order valence-corrected chi connectivity index (χ4v) is 3.08. The summed E-state index contributed by atoms with van der Waals surface area (Å²) in [5.74, 6) is 0.937. The van der Waals surface area contributed by atoms with Gasteiger partial charge in [-0.3, -0.25) is 4.79 Å². The Labute approximate surface area is 123 Å². The number of nitrogens with two attached hydrogens (primary N) is 1. The van der Waals surface area contributed by atoms with Crippen LogP contribution in [0.1, 0.15) is 21.5 Å². The molecule has 0 saturated heterocycles. The lowest BCUT2D eigenvalue weighted by Gasteiger charge is -2.18. The molecule has 4 rings (SSSR count). The number of anilines is 2. The quantitative estimate of drug-likeness (QED) is 0.816. The van der Waals surface area contributed by atoms with Crippen molar-refractivity contribution in [3.8, 4) is 5.75 Å². The van der Waals surface area contributed by atoms with Crippen LogP contribution in [-0.4, -0.2) is 19.1 Å². The summed E-state index contributed by atoms with van der Waals surface area (Å²) in [5, 5.41) is 0. The Morgan fingerprint density at radius 3 is 2.90 bits per heavy atom. The zero-order valence-electron chi connectivity index (χ0n) is 11.6. The van der Waals surface area contributed by atoms with Crippen LogP contribution in [0.4, 0.5) is 11.4 Å². The van der Waals surface area contributed by atoms with Crippen molar-refractivity contribution >= 4 is 17.3 Å². The predicted octanol–water partition coefficient (Wildman–Crippen LogP) is 2.41. The van der Waals surface area contributed by atoms with Crippen molar-refractivity contribution in [2.24, 2.45) is 0 Å². The van der Waals surface area contributed by atoms with E-state index in [1.807, 2.05) is 41.3 Å². The van der Waals surface area contributed by atoms with Gasteiger partial charge in [-0.1, -0.05) is 6.07 Å². The highest BCUT2D eigenvalue weighted by atomic mass is 16.5. The molecule has 2 N–H and O–H groups in total. The Bertz CT molecular complexity index is 740. The van der Waals surface area contributed by atoms with E-state index < -0.39 is 0 Å². The van der Waals surface area contributed by atoms with Crippen molar-refractivity contribution in [1.29, 1.82) is 0 Å². The number of nitrogen functional groups attached to an aromatic ring is 1. The number of amides is 1. The van der Waals surface area contributed by atoms with Crippen molar-refractivity contribution in [3.05, 3.63) is 53.1 Å². The molecule has 2 aromatic carbocycles. The Morgan fingerprint density at radius 1 is 1.10 bits per heavy atom. The second-order valence-electron chi connectivity index (χ2n) is 5.52. The number of ether oxygens (including phenoxy) is 1. The molecule has 2 aliphatic rings. The van der Waals surface area contributed by atoms with Crippen molar-refractivity contribution in [3.63, 3.8) is 0 Å². The van der Waals surface area contributed by atoms with Gasteiger partial charge in [-0.2, -0.15) is 0 Å². The number of benzene rings is 2. The molecule has 0 spiro atoms. The molecule has 1 amide bonds. The van der Waals surface area contributed by atoms with E-state index in [-0.39, 0.29) is 5.91 Å².